The van der Waals surface area contributed by atoms with E-state index in [0.717, 1.165) is 23.5 Å². The molecule has 1 aromatic carbocycles. The highest BCUT2D eigenvalue weighted by Crippen LogP contribution is 2.39. The number of methoxy groups -OCH3 is 1. The van der Waals surface area contributed by atoms with E-state index in [1.54, 1.807) is 14.0 Å². The SMILES string of the molecule is C=CCN(c1cccc(OC)c1[C@H](C)O)C1CC1. The highest BCUT2D eigenvalue weighted by molar-refractivity contribution is 5.62. The summed E-state index contributed by atoms with van der Waals surface area (Å²) in [5.41, 5.74) is 1.93. The summed E-state index contributed by atoms with van der Waals surface area (Å²) in [6.07, 6.45) is 3.79. The van der Waals surface area contributed by atoms with Crippen LogP contribution in [-0.2, 0) is 0 Å². The van der Waals surface area contributed by atoms with Crippen molar-refractivity contribution in [2.24, 2.45) is 0 Å². The van der Waals surface area contributed by atoms with Crippen molar-refractivity contribution >= 4 is 5.69 Å². The molecule has 0 heterocycles. The molecule has 0 unspecified atom stereocenters. The van der Waals surface area contributed by atoms with Crippen LogP contribution in [0.3, 0.4) is 0 Å². The van der Waals surface area contributed by atoms with Crippen LogP contribution in [0.1, 0.15) is 31.4 Å². The molecule has 0 radical (unpaired) electrons. The van der Waals surface area contributed by atoms with Crippen LogP contribution in [-0.4, -0.2) is 24.8 Å². The Bertz CT molecular complexity index is 425. The number of benzene rings is 1. The van der Waals surface area contributed by atoms with Crippen LogP contribution in [0.2, 0.25) is 0 Å². The molecule has 2 rings (SSSR count). The van der Waals surface area contributed by atoms with Crippen LogP contribution in [0.5, 0.6) is 5.75 Å². The summed E-state index contributed by atoms with van der Waals surface area (Å²) in [5.74, 6) is 0.747. The van der Waals surface area contributed by atoms with Gasteiger partial charge in [-0.05, 0) is 31.9 Å². The van der Waals surface area contributed by atoms with E-state index < -0.39 is 6.10 Å². The molecule has 3 nitrogen and oxygen atoms in total. The Morgan fingerprint density at radius 3 is 2.78 bits per heavy atom. The third-order valence-electron chi connectivity index (χ3n) is 3.30. The van der Waals surface area contributed by atoms with Crippen molar-refractivity contribution in [1.82, 2.24) is 0 Å². The monoisotopic (exact) mass is 247 g/mol. The number of ether oxygens (including phenoxy) is 1. The molecule has 1 aliphatic carbocycles. The van der Waals surface area contributed by atoms with Crippen LogP contribution >= 0.6 is 0 Å². The number of hydrogen-bond donors (Lipinski definition) is 1. The molecule has 1 saturated carbocycles. The highest BCUT2D eigenvalue weighted by atomic mass is 16.5. The fourth-order valence-electron chi connectivity index (χ4n) is 2.35. The van der Waals surface area contributed by atoms with Gasteiger partial charge in [-0.1, -0.05) is 12.1 Å². The normalized spacial score (nSPS) is 16.2. The average Bonchev–Trinajstić information content (AvgIpc) is 3.19. The lowest BCUT2D eigenvalue weighted by molar-refractivity contribution is 0.194. The molecule has 1 fully saturated rings. The third kappa shape index (κ3) is 2.51. The van der Waals surface area contributed by atoms with Crippen molar-refractivity contribution in [2.75, 3.05) is 18.6 Å². The smallest absolute Gasteiger partial charge is 0.126 e. The van der Waals surface area contributed by atoms with Gasteiger partial charge >= 0.3 is 0 Å². The minimum Gasteiger partial charge on any atom is -0.496 e. The van der Waals surface area contributed by atoms with Gasteiger partial charge in [0.15, 0.2) is 0 Å². The zero-order chi connectivity index (χ0) is 13.1. The summed E-state index contributed by atoms with van der Waals surface area (Å²) in [6, 6.07) is 6.49. The van der Waals surface area contributed by atoms with Gasteiger partial charge in [0.1, 0.15) is 5.75 Å². The summed E-state index contributed by atoms with van der Waals surface area (Å²) in [7, 11) is 1.64. The van der Waals surface area contributed by atoms with E-state index in [2.05, 4.69) is 11.5 Å². The predicted octanol–water partition coefficient (Wildman–Crippen LogP) is 2.90. The van der Waals surface area contributed by atoms with E-state index >= 15 is 0 Å². The average molecular weight is 247 g/mol. The third-order valence-corrected chi connectivity index (χ3v) is 3.30. The Labute approximate surface area is 109 Å². The Morgan fingerprint density at radius 2 is 2.28 bits per heavy atom. The number of rotatable bonds is 6. The van der Waals surface area contributed by atoms with E-state index in [1.807, 2.05) is 24.3 Å². The van der Waals surface area contributed by atoms with Crippen molar-refractivity contribution < 1.29 is 9.84 Å². The number of nitrogens with zero attached hydrogens (tertiary/aromatic N) is 1. The summed E-state index contributed by atoms with van der Waals surface area (Å²) in [4.78, 5) is 2.30. The van der Waals surface area contributed by atoms with Gasteiger partial charge in [-0.3, -0.25) is 0 Å². The molecule has 1 aromatic rings. The molecule has 0 spiro atoms. The summed E-state index contributed by atoms with van der Waals surface area (Å²) in [5, 5.41) is 10.0. The molecule has 0 bridgehead atoms. The number of aliphatic hydroxyl groups is 1. The molecular formula is C15H21NO2. The minimum absolute atomic E-state index is 0.540. The van der Waals surface area contributed by atoms with Crippen molar-refractivity contribution in [2.45, 2.75) is 31.9 Å². The maximum absolute atomic E-state index is 10.0. The molecule has 1 atom stereocenters. The lowest BCUT2D eigenvalue weighted by Crippen LogP contribution is -2.27. The minimum atomic E-state index is -0.540. The summed E-state index contributed by atoms with van der Waals surface area (Å²) < 4.78 is 5.36. The van der Waals surface area contributed by atoms with Gasteiger partial charge in [0.05, 0.1) is 13.2 Å². The first-order valence-corrected chi connectivity index (χ1v) is 6.41. The topological polar surface area (TPSA) is 32.7 Å². The molecule has 98 valence electrons. The van der Waals surface area contributed by atoms with Crippen LogP contribution in [0.15, 0.2) is 30.9 Å². The van der Waals surface area contributed by atoms with Crippen LogP contribution < -0.4 is 9.64 Å². The molecule has 3 heteroatoms. The fraction of sp³-hybridized carbons (Fsp3) is 0.467. The maximum Gasteiger partial charge on any atom is 0.126 e. The lowest BCUT2D eigenvalue weighted by atomic mass is 10.1. The van der Waals surface area contributed by atoms with Gasteiger partial charge in [0.2, 0.25) is 0 Å². The fourth-order valence-corrected chi connectivity index (χ4v) is 2.35. The van der Waals surface area contributed by atoms with Crippen LogP contribution in [0, 0.1) is 0 Å². The second-order valence-electron chi connectivity index (χ2n) is 4.74. The standard InChI is InChI=1S/C15H21NO2/c1-4-10-16(12-8-9-12)13-6-5-7-14(18-3)15(13)11(2)17/h4-7,11-12,17H,1,8-10H2,2-3H3/t11-/m0/s1. The summed E-state index contributed by atoms with van der Waals surface area (Å²) >= 11 is 0. The van der Waals surface area contributed by atoms with Crippen molar-refractivity contribution in [3.8, 4) is 5.75 Å². The lowest BCUT2D eigenvalue weighted by Gasteiger charge is -2.27. The predicted molar refractivity (Wildman–Crippen MR) is 74.2 cm³/mol. The zero-order valence-corrected chi connectivity index (χ0v) is 11.1. The molecule has 1 N–H and O–H groups in total. The first kappa shape index (κ1) is 13.0. The highest BCUT2D eigenvalue weighted by Gasteiger charge is 2.31. The Morgan fingerprint density at radius 1 is 1.56 bits per heavy atom. The Hall–Kier alpha value is -1.48. The Balaban J connectivity index is 2.43. The summed E-state index contributed by atoms with van der Waals surface area (Å²) in [6.45, 7) is 6.40. The van der Waals surface area contributed by atoms with Gasteiger partial charge < -0.3 is 14.7 Å². The first-order valence-electron chi connectivity index (χ1n) is 6.41. The van der Waals surface area contributed by atoms with Crippen molar-refractivity contribution in [1.29, 1.82) is 0 Å². The largest absolute Gasteiger partial charge is 0.496 e. The maximum atomic E-state index is 10.0. The zero-order valence-electron chi connectivity index (χ0n) is 11.1. The van der Waals surface area contributed by atoms with E-state index in [1.165, 1.54) is 12.8 Å². The molecule has 0 aliphatic heterocycles. The van der Waals surface area contributed by atoms with Crippen LogP contribution in [0.25, 0.3) is 0 Å². The van der Waals surface area contributed by atoms with Crippen molar-refractivity contribution in [3.63, 3.8) is 0 Å². The number of aliphatic hydroxyl groups excluding tert-OH is 1. The van der Waals surface area contributed by atoms with Crippen molar-refractivity contribution in [3.05, 3.63) is 36.4 Å². The van der Waals surface area contributed by atoms with E-state index in [-0.39, 0.29) is 0 Å². The van der Waals surface area contributed by atoms with E-state index in [4.69, 9.17) is 4.74 Å². The molecular weight excluding hydrogens is 226 g/mol. The van der Waals surface area contributed by atoms with Gasteiger partial charge in [-0.2, -0.15) is 0 Å². The van der Waals surface area contributed by atoms with E-state index in [9.17, 15) is 5.11 Å². The second kappa shape index (κ2) is 5.44. The molecule has 0 aromatic heterocycles. The quantitative estimate of drug-likeness (QED) is 0.785. The molecule has 1 aliphatic rings. The molecule has 18 heavy (non-hydrogen) atoms. The van der Waals surface area contributed by atoms with Gasteiger partial charge in [0, 0.05) is 23.8 Å². The molecule has 0 saturated heterocycles. The van der Waals surface area contributed by atoms with Gasteiger partial charge in [-0.25, -0.2) is 0 Å². The second-order valence-corrected chi connectivity index (χ2v) is 4.74. The van der Waals surface area contributed by atoms with Gasteiger partial charge in [-0.15, -0.1) is 6.58 Å². The molecule has 0 amide bonds. The van der Waals surface area contributed by atoms with Crippen LogP contribution in [0.4, 0.5) is 5.69 Å². The Kier molecular flexibility index (Phi) is 3.92. The first-order chi connectivity index (χ1) is 8.69. The van der Waals surface area contributed by atoms with E-state index in [0.29, 0.717) is 6.04 Å². The van der Waals surface area contributed by atoms with Gasteiger partial charge in [0.25, 0.3) is 0 Å². The number of anilines is 1. The number of hydrogen-bond acceptors (Lipinski definition) is 3.